The molecule has 0 heterocycles. The number of nitrogens with one attached hydrogen (secondary N) is 1. The Balaban J connectivity index is 2.00. The molecule has 0 unspecified atom stereocenters. The van der Waals surface area contributed by atoms with Crippen LogP contribution in [0.4, 0.5) is 4.39 Å². The van der Waals surface area contributed by atoms with Gasteiger partial charge < -0.3 is 10.1 Å². The topological polar surface area (TPSA) is 21.3 Å². The molecule has 0 aromatic heterocycles. The maximum absolute atomic E-state index is 13.5. The van der Waals surface area contributed by atoms with Gasteiger partial charge in [0.05, 0.1) is 0 Å². The van der Waals surface area contributed by atoms with Gasteiger partial charge in [-0.05, 0) is 42.8 Å². The Morgan fingerprint density at radius 2 is 1.74 bits per heavy atom. The highest BCUT2D eigenvalue weighted by Gasteiger charge is 2.03. The smallest absolute Gasteiger partial charge is 0.165 e. The number of benzene rings is 2. The molecule has 0 amide bonds. The van der Waals surface area contributed by atoms with Crippen LogP contribution in [0.25, 0.3) is 0 Å². The number of rotatable bonds is 5. The van der Waals surface area contributed by atoms with Crippen molar-refractivity contribution in [1.29, 1.82) is 0 Å². The summed E-state index contributed by atoms with van der Waals surface area (Å²) in [5.41, 5.74) is 3.23. The van der Waals surface area contributed by atoms with Crippen LogP contribution in [0.1, 0.15) is 16.7 Å². The minimum atomic E-state index is -0.322. The van der Waals surface area contributed by atoms with Crippen LogP contribution in [0.5, 0.6) is 5.75 Å². The van der Waals surface area contributed by atoms with Gasteiger partial charge in [0.1, 0.15) is 6.61 Å². The first-order valence-corrected chi connectivity index (χ1v) is 6.30. The van der Waals surface area contributed by atoms with E-state index in [1.165, 1.54) is 11.6 Å². The van der Waals surface area contributed by atoms with Crippen LogP contribution in [0.3, 0.4) is 0 Å². The summed E-state index contributed by atoms with van der Waals surface area (Å²) in [6, 6.07) is 13.0. The minimum Gasteiger partial charge on any atom is -0.486 e. The fraction of sp³-hybridized carbons (Fsp3) is 0.250. The van der Waals surface area contributed by atoms with E-state index in [1.807, 2.05) is 38.2 Å². The average molecular weight is 259 g/mol. The van der Waals surface area contributed by atoms with Crippen LogP contribution in [0.2, 0.25) is 0 Å². The molecule has 2 aromatic rings. The number of ether oxygens (including phenoxy) is 1. The fourth-order valence-electron chi connectivity index (χ4n) is 1.84. The summed E-state index contributed by atoms with van der Waals surface area (Å²) in [6.45, 7) is 3.13. The number of aryl methyl sites for hydroxylation is 1. The second-order valence-corrected chi connectivity index (χ2v) is 4.57. The molecule has 0 bridgehead atoms. The van der Waals surface area contributed by atoms with E-state index in [2.05, 4.69) is 5.32 Å². The van der Waals surface area contributed by atoms with E-state index in [9.17, 15) is 4.39 Å². The Morgan fingerprint density at radius 1 is 1.05 bits per heavy atom. The van der Waals surface area contributed by atoms with E-state index < -0.39 is 0 Å². The zero-order chi connectivity index (χ0) is 13.7. The highest BCUT2D eigenvalue weighted by Crippen LogP contribution is 2.19. The van der Waals surface area contributed by atoms with Gasteiger partial charge in [0.2, 0.25) is 0 Å². The van der Waals surface area contributed by atoms with E-state index in [-0.39, 0.29) is 5.82 Å². The van der Waals surface area contributed by atoms with E-state index in [4.69, 9.17) is 4.74 Å². The summed E-state index contributed by atoms with van der Waals surface area (Å²) >= 11 is 0. The fourth-order valence-corrected chi connectivity index (χ4v) is 1.84. The van der Waals surface area contributed by atoms with Gasteiger partial charge in [-0.15, -0.1) is 0 Å². The molecular weight excluding hydrogens is 241 g/mol. The molecule has 2 nitrogen and oxygen atoms in total. The third-order valence-electron chi connectivity index (χ3n) is 2.88. The monoisotopic (exact) mass is 259 g/mol. The van der Waals surface area contributed by atoms with Crippen molar-refractivity contribution >= 4 is 0 Å². The number of hydrogen-bond donors (Lipinski definition) is 1. The lowest BCUT2D eigenvalue weighted by Gasteiger charge is -2.09. The second kappa shape index (κ2) is 6.34. The Hall–Kier alpha value is -1.87. The highest BCUT2D eigenvalue weighted by atomic mass is 19.1. The van der Waals surface area contributed by atoms with Crippen molar-refractivity contribution in [2.24, 2.45) is 0 Å². The molecule has 19 heavy (non-hydrogen) atoms. The van der Waals surface area contributed by atoms with Crippen molar-refractivity contribution in [3.63, 3.8) is 0 Å². The molecule has 0 aliphatic heterocycles. The molecule has 2 rings (SSSR count). The third-order valence-corrected chi connectivity index (χ3v) is 2.88. The Labute approximate surface area is 113 Å². The number of hydrogen-bond acceptors (Lipinski definition) is 2. The predicted octanol–water partition coefficient (Wildman–Crippen LogP) is 3.43. The molecular formula is C16H18FNO. The molecule has 0 aliphatic rings. The first kappa shape index (κ1) is 13.6. The lowest BCUT2D eigenvalue weighted by Crippen LogP contribution is -2.05. The first-order valence-electron chi connectivity index (χ1n) is 6.30. The third kappa shape index (κ3) is 3.80. The van der Waals surface area contributed by atoms with Gasteiger partial charge in [-0.1, -0.05) is 30.3 Å². The van der Waals surface area contributed by atoms with Crippen molar-refractivity contribution < 1.29 is 9.13 Å². The average Bonchev–Trinajstić information content (AvgIpc) is 2.42. The zero-order valence-corrected chi connectivity index (χ0v) is 11.2. The van der Waals surface area contributed by atoms with Crippen molar-refractivity contribution in [3.8, 4) is 5.75 Å². The van der Waals surface area contributed by atoms with Crippen LogP contribution < -0.4 is 10.1 Å². The van der Waals surface area contributed by atoms with Crippen LogP contribution in [-0.4, -0.2) is 7.05 Å². The van der Waals surface area contributed by atoms with Crippen LogP contribution in [0, 0.1) is 12.7 Å². The molecule has 100 valence electrons. The maximum Gasteiger partial charge on any atom is 0.165 e. The van der Waals surface area contributed by atoms with Crippen LogP contribution in [0.15, 0.2) is 42.5 Å². The Kier molecular flexibility index (Phi) is 4.53. The minimum absolute atomic E-state index is 0.305. The molecule has 0 saturated heterocycles. The molecule has 0 atom stereocenters. The van der Waals surface area contributed by atoms with Gasteiger partial charge in [-0.3, -0.25) is 0 Å². The Bertz CT molecular complexity index is 537. The van der Waals surface area contributed by atoms with Crippen molar-refractivity contribution in [2.75, 3.05) is 7.05 Å². The molecule has 1 N–H and O–H groups in total. The summed E-state index contributed by atoms with van der Waals surface area (Å²) in [4.78, 5) is 0. The molecule has 0 aliphatic carbocycles. The van der Waals surface area contributed by atoms with Gasteiger partial charge in [0.25, 0.3) is 0 Å². The van der Waals surface area contributed by atoms with Crippen molar-refractivity contribution in [3.05, 3.63) is 65.0 Å². The lowest BCUT2D eigenvalue weighted by molar-refractivity contribution is 0.290. The summed E-state index contributed by atoms with van der Waals surface area (Å²) in [5.74, 6) is -0.0169. The summed E-state index contributed by atoms with van der Waals surface area (Å²) in [5, 5.41) is 3.09. The molecule has 0 spiro atoms. The number of halogens is 1. The van der Waals surface area contributed by atoms with Gasteiger partial charge in [0, 0.05) is 6.54 Å². The molecule has 0 fully saturated rings. The van der Waals surface area contributed by atoms with Gasteiger partial charge in [0.15, 0.2) is 11.6 Å². The largest absolute Gasteiger partial charge is 0.486 e. The molecule has 0 saturated carbocycles. The van der Waals surface area contributed by atoms with Gasteiger partial charge >= 0.3 is 0 Å². The molecule has 0 radical (unpaired) electrons. The Morgan fingerprint density at radius 3 is 2.42 bits per heavy atom. The first-order chi connectivity index (χ1) is 9.19. The van der Waals surface area contributed by atoms with Crippen LogP contribution >= 0.6 is 0 Å². The SMILES string of the molecule is CNCc1ccc(COc2cc(C)ccc2F)cc1. The lowest BCUT2D eigenvalue weighted by atomic mass is 10.1. The van der Waals surface area contributed by atoms with Crippen LogP contribution in [-0.2, 0) is 13.2 Å². The summed E-state index contributed by atoms with van der Waals surface area (Å²) < 4.78 is 19.0. The second-order valence-electron chi connectivity index (χ2n) is 4.57. The zero-order valence-electron chi connectivity index (χ0n) is 11.2. The van der Waals surface area contributed by atoms with Gasteiger partial charge in [-0.2, -0.15) is 0 Å². The standard InChI is InChI=1S/C16H18FNO/c1-12-3-8-15(17)16(9-12)19-11-14-6-4-13(5-7-14)10-18-2/h3-9,18H,10-11H2,1-2H3. The highest BCUT2D eigenvalue weighted by molar-refractivity contribution is 5.30. The predicted molar refractivity (Wildman–Crippen MR) is 74.7 cm³/mol. The molecule has 3 heteroatoms. The van der Waals surface area contributed by atoms with E-state index >= 15 is 0 Å². The summed E-state index contributed by atoms with van der Waals surface area (Å²) in [7, 11) is 1.91. The van der Waals surface area contributed by atoms with Crippen molar-refractivity contribution in [1.82, 2.24) is 5.32 Å². The van der Waals surface area contributed by atoms with E-state index in [1.54, 1.807) is 12.1 Å². The maximum atomic E-state index is 13.5. The summed E-state index contributed by atoms with van der Waals surface area (Å²) in [6.07, 6.45) is 0. The normalized spacial score (nSPS) is 10.5. The quantitative estimate of drug-likeness (QED) is 0.888. The van der Waals surface area contributed by atoms with Crippen molar-refractivity contribution in [2.45, 2.75) is 20.1 Å². The van der Waals surface area contributed by atoms with Gasteiger partial charge in [-0.25, -0.2) is 4.39 Å². The van der Waals surface area contributed by atoms with E-state index in [0.717, 1.165) is 17.7 Å². The van der Waals surface area contributed by atoms with E-state index in [0.29, 0.717) is 12.4 Å². The molecule has 2 aromatic carbocycles.